The number of carboxylic acids is 1. The molecule has 0 spiro atoms. The van der Waals surface area contributed by atoms with Crippen molar-refractivity contribution in [1.29, 1.82) is 0 Å². The van der Waals surface area contributed by atoms with Crippen molar-refractivity contribution < 1.29 is 24.2 Å². The lowest BCUT2D eigenvalue weighted by atomic mass is 9.83. The number of rotatable bonds is 9. The first kappa shape index (κ1) is 26.5. The number of allylic oxidation sites excluding steroid dienone is 1. The fourth-order valence-corrected chi connectivity index (χ4v) is 4.76. The Morgan fingerprint density at radius 2 is 1.68 bits per heavy atom. The molecule has 1 atom stereocenters. The Bertz CT molecular complexity index is 1420. The van der Waals surface area contributed by atoms with Gasteiger partial charge in [0.05, 0.1) is 18.2 Å². The molecule has 0 bridgehead atoms. The number of carbonyl (C=O) groups excluding carboxylic acids is 1. The van der Waals surface area contributed by atoms with Gasteiger partial charge in [-0.25, -0.2) is 4.79 Å². The molecule has 1 aliphatic heterocycles. The Labute approximate surface area is 225 Å². The van der Waals surface area contributed by atoms with Crippen LogP contribution in [0.1, 0.15) is 40.1 Å². The number of nitrogens with zero attached hydrogens (tertiary/aromatic N) is 1. The molecule has 6 nitrogen and oxygen atoms in total. The third-order valence-corrected chi connectivity index (χ3v) is 6.53. The monoisotopic (exact) mass is 537 g/mol. The SMILES string of the molecule is COc1ccc(-c2ccc(OC(C)C)c(C(=O)O)c2)cc1CC1(C(=O)c2ccc(Cl)cc2Cl)C=CC=N1. The number of halogens is 2. The van der Waals surface area contributed by atoms with Crippen LogP contribution >= 0.6 is 23.2 Å². The molecule has 3 aromatic carbocycles. The van der Waals surface area contributed by atoms with Crippen molar-refractivity contribution in [2.45, 2.75) is 31.9 Å². The molecule has 0 aliphatic carbocycles. The molecule has 8 heteroatoms. The zero-order valence-corrected chi connectivity index (χ0v) is 22.0. The molecular formula is C29H25Cl2NO5. The van der Waals surface area contributed by atoms with Crippen molar-refractivity contribution in [3.8, 4) is 22.6 Å². The Balaban J connectivity index is 1.75. The summed E-state index contributed by atoms with van der Waals surface area (Å²) in [4.78, 5) is 30.1. The highest BCUT2D eigenvalue weighted by Gasteiger charge is 2.39. The first-order chi connectivity index (χ1) is 17.6. The molecule has 190 valence electrons. The Morgan fingerprint density at radius 3 is 2.27 bits per heavy atom. The van der Waals surface area contributed by atoms with Crippen LogP contribution in [0.15, 0.2) is 71.7 Å². The normalized spacial score (nSPS) is 16.3. The van der Waals surface area contributed by atoms with E-state index in [4.69, 9.17) is 32.7 Å². The maximum Gasteiger partial charge on any atom is 0.339 e. The fraction of sp³-hybridized carbons (Fsp3) is 0.207. The van der Waals surface area contributed by atoms with Crippen LogP contribution in [0.4, 0.5) is 0 Å². The molecule has 0 saturated carbocycles. The molecule has 0 fully saturated rings. The Morgan fingerprint density at radius 1 is 0.973 bits per heavy atom. The highest BCUT2D eigenvalue weighted by atomic mass is 35.5. The second-order valence-electron chi connectivity index (χ2n) is 8.90. The topological polar surface area (TPSA) is 85.2 Å². The number of Topliss-reactive ketones (excluding diaryl/α,β-unsaturated/α-hetero) is 1. The summed E-state index contributed by atoms with van der Waals surface area (Å²) in [5.41, 5.74) is 1.33. The van der Waals surface area contributed by atoms with Crippen LogP contribution in [0.3, 0.4) is 0 Å². The third kappa shape index (κ3) is 5.55. The second kappa shape index (κ2) is 10.8. The summed E-state index contributed by atoms with van der Waals surface area (Å²) in [5.74, 6) is -0.474. The van der Waals surface area contributed by atoms with Gasteiger partial charge in [-0.1, -0.05) is 35.3 Å². The summed E-state index contributed by atoms with van der Waals surface area (Å²) < 4.78 is 11.3. The lowest BCUT2D eigenvalue weighted by Crippen LogP contribution is -2.36. The zero-order valence-electron chi connectivity index (χ0n) is 20.5. The van der Waals surface area contributed by atoms with Gasteiger partial charge in [0, 0.05) is 23.2 Å². The number of hydrogen-bond acceptors (Lipinski definition) is 5. The summed E-state index contributed by atoms with van der Waals surface area (Å²) in [6.45, 7) is 3.67. The van der Waals surface area contributed by atoms with E-state index in [0.717, 1.165) is 11.1 Å². The van der Waals surface area contributed by atoms with Gasteiger partial charge < -0.3 is 14.6 Å². The van der Waals surface area contributed by atoms with E-state index < -0.39 is 11.5 Å². The van der Waals surface area contributed by atoms with Crippen molar-refractivity contribution in [2.75, 3.05) is 7.11 Å². The van der Waals surface area contributed by atoms with E-state index >= 15 is 0 Å². The minimum Gasteiger partial charge on any atom is -0.496 e. The van der Waals surface area contributed by atoms with Gasteiger partial charge >= 0.3 is 5.97 Å². The average molecular weight is 538 g/mol. The van der Waals surface area contributed by atoms with Gasteiger partial charge in [0.1, 0.15) is 22.6 Å². The van der Waals surface area contributed by atoms with Crippen LogP contribution in [0.2, 0.25) is 10.0 Å². The molecule has 0 saturated heterocycles. The second-order valence-corrected chi connectivity index (χ2v) is 9.74. The van der Waals surface area contributed by atoms with Gasteiger partial charge in [0.25, 0.3) is 0 Å². The number of ketones is 1. The Hall–Kier alpha value is -3.61. The third-order valence-electron chi connectivity index (χ3n) is 5.98. The van der Waals surface area contributed by atoms with Crippen molar-refractivity contribution in [3.05, 3.63) is 93.5 Å². The van der Waals surface area contributed by atoms with E-state index in [1.54, 1.807) is 61.9 Å². The van der Waals surface area contributed by atoms with E-state index in [9.17, 15) is 14.7 Å². The molecule has 1 aliphatic rings. The summed E-state index contributed by atoms with van der Waals surface area (Å²) in [6, 6.07) is 15.3. The molecule has 1 N–H and O–H groups in total. The maximum absolute atomic E-state index is 13.7. The van der Waals surface area contributed by atoms with Gasteiger partial charge in [-0.3, -0.25) is 9.79 Å². The highest BCUT2D eigenvalue weighted by Crippen LogP contribution is 2.36. The van der Waals surface area contributed by atoms with E-state index in [0.29, 0.717) is 27.6 Å². The van der Waals surface area contributed by atoms with Crippen molar-refractivity contribution >= 4 is 41.2 Å². The predicted molar refractivity (Wildman–Crippen MR) is 146 cm³/mol. The molecule has 1 unspecified atom stereocenters. The van der Waals surface area contributed by atoms with E-state index in [1.165, 1.54) is 6.07 Å². The largest absolute Gasteiger partial charge is 0.496 e. The Kier molecular flexibility index (Phi) is 7.71. The molecular weight excluding hydrogens is 513 g/mol. The van der Waals surface area contributed by atoms with Crippen molar-refractivity contribution in [3.63, 3.8) is 0 Å². The summed E-state index contributed by atoms with van der Waals surface area (Å²) in [6.07, 6.45) is 5.09. The number of aliphatic imine (C=N–C) groups is 1. The smallest absolute Gasteiger partial charge is 0.339 e. The molecule has 37 heavy (non-hydrogen) atoms. The van der Waals surface area contributed by atoms with Crippen LogP contribution in [-0.2, 0) is 6.42 Å². The zero-order chi connectivity index (χ0) is 26.7. The van der Waals surface area contributed by atoms with E-state index in [2.05, 4.69) is 4.99 Å². The van der Waals surface area contributed by atoms with E-state index in [1.807, 2.05) is 26.0 Å². The summed E-state index contributed by atoms with van der Waals surface area (Å²) in [7, 11) is 1.55. The standard InChI is InChI=1S/C29H25Cl2NO5/c1-17(2)37-26-10-6-19(14-23(26)28(34)35)18-5-9-25(36-3)20(13-18)16-29(11-4-12-32-29)27(33)22-8-7-21(30)15-24(22)31/h4-15,17H,16H2,1-3H3,(H,34,35). The van der Waals surface area contributed by atoms with E-state index in [-0.39, 0.29) is 28.9 Å². The number of carbonyl (C=O) groups is 2. The minimum absolute atomic E-state index is 0.0657. The molecule has 0 aromatic heterocycles. The molecule has 4 rings (SSSR count). The van der Waals surface area contributed by atoms with Gasteiger partial charge in [-0.15, -0.1) is 0 Å². The number of carboxylic acid groups (broad SMARTS) is 1. The lowest BCUT2D eigenvalue weighted by molar-refractivity contribution is 0.0690. The lowest BCUT2D eigenvalue weighted by Gasteiger charge is -2.25. The van der Waals surface area contributed by atoms with Crippen LogP contribution < -0.4 is 9.47 Å². The summed E-state index contributed by atoms with van der Waals surface area (Å²) in [5, 5.41) is 10.4. The summed E-state index contributed by atoms with van der Waals surface area (Å²) >= 11 is 12.4. The van der Waals surface area contributed by atoms with Gasteiger partial charge in [-0.2, -0.15) is 0 Å². The first-order valence-corrected chi connectivity index (χ1v) is 12.3. The first-order valence-electron chi connectivity index (χ1n) is 11.6. The quantitative estimate of drug-likeness (QED) is 0.298. The average Bonchev–Trinajstić information content (AvgIpc) is 3.33. The number of hydrogen-bond donors (Lipinski definition) is 1. The fourth-order valence-electron chi connectivity index (χ4n) is 4.27. The molecule has 1 heterocycles. The van der Waals surface area contributed by atoms with Crippen LogP contribution in [0.5, 0.6) is 11.5 Å². The van der Waals surface area contributed by atoms with Gasteiger partial charge in [0.15, 0.2) is 5.78 Å². The molecule has 0 amide bonds. The maximum atomic E-state index is 13.7. The van der Waals surface area contributed by atoms with Crippen LogP contribution in [0, 0.1) is 0 Å². The number of ether oxygens (including phenoxy) is 2. The predicted octanol–water partition coefficient (Wildman–Crippen LogP) is 6.96. The highest BCUT2D eigenvalue weighted by molar-refractivity contribution is 6.37. The van der Waals surface area contributed by atoms with Crippen molar-refractivity contribution in [2.24, 2.45) is 4.99 Å². The van der Waals surface area contributed by atoms with Crippen molar-refractivity contribution in [1.82, 2.24) is 0 Å². The van der Waals surface area contributed by atoms with Gasteiger partial charge in [0.2, 0.25) is 0 Å². The molecule has 3 aromatic rings. The van der Waals surface area contributed by atoms with Gasteiger partial charge in [-0.05, 0) is 85.2 Å². The number of benzene rings is 3. The van der Waals surface area contributed by atoms with Crippen LogP contribution in [0.25, 0.3) is 11.1 Å². The number of aromatic carboxylic acids is 1. The molecule has 0 radical (unpaired) electrons. The minimum atomic E-state index is -1.22. The van der Waals surface area contributed by atoms with Crippen LogP contribution in [-0.4, -0.2) is 41.8 Å². The number of methoxy groups -OCH3 is 1.